The number of nitrogens with one attached hydrogen (secondary N) is 1. The molecule has 1 aromatic rings. The van der Waals surface area contributed by atoms with Crippen LogP contribution in [-0.2, 0) is 23.3 Å². The zero-order valence-electron chi connectivity index (χ0n) is 15.7. The second-order valence-corrected chi connectivity index (χ2v) is 10.4. The summed E-state index contributed by atoms with van der Waals surface area (Å²) in [6.45, 7) is 1.46. The third kappa shape index (κ3) is 4.07. The zero-order valence-corrected chi connectivity index (χ0v) is 17.3. The minimum absolute atomic E-state index is 0.118. The van der Waals surface area contributed by atoms with Crippen LogP contribution in [0.2, 0.25) is 0 Å². The molecule has 0 aromatic carbocycles. The molecule has 0 aliphatic carbocycles. The number of aryl methyl sites for hydroxylation is 1. The molecule has 12 heteroatoms. The van der Waals surface area contributed by atoms with Crippen LogP contribution in [0, 0.1) is 6.92 Å². The van der Waals surface area contributed by atoms with Crippen LogP contribution in [0.15, 0.2) is 15.8 Å². The van der Waals surface area contributed by atoms with Gasteiger partial charge in [0.25, 0.3) is 5.56 Å². The maximum absolute atomic E-state index is 12.3. The molecule has 1 N–H and O–H groups in total. The molecule has 2 saturated heterocycles. The lowest BCUT2D eigenvalue weighted by atomic mass is 10.1. The van der Waals surface area contributed by atoms with Gasteiger partial charge >= 0.3 is 12.6 Å². The molecular weight excluding hydrogens is 401 g/mol. The number of fused-ring (bicyclic) bond motifs is 1. The Morgan fingerprint density at radius 1 is 1.33 bits per heavy atom. The lowest BCUT2D eigenvalue weighted by Gasteiger charge is -2.26. The molecule has 2 aliphatic heterocycles. The van der Waals surface area contributed by atoms with E-state index >= 15 is 0 Å². The van der Waals surface area contributed by atoms with E-state index in [1.807, 2.05) is 0 Å². The van der Waals surface area contributed by atoms with Gasteiger partial charge in [0.1, 0.15) is 18.3 Å². The van der Waals surface area contributed by atoms with Gasteiger partial charge in [0.15, 0.2) is 12.0 Å². The van der Waals surface area contributed by atoms with Crippen LogP contribution >= 0.6 is 18.1 Å². The van der Waals surface area contributed by atoms with E-state index in [0.717, 1.165) is 0 Å². The summed E-state index contributed by atoms with van der Waals surface area (Å²) >= 11 is 5.90. The Labute approximate surface area is 160 Å². The highest BCUT2D eigenvalue weighted by Gasteiger charge is 2.56. The maximum atomic E-state index is 12.3. The molecule has 0 bridgehead atoms. The summed E-state index contributed by atoms with van der Waals surface area (Å²) in [4.78, 5) is 26.2. The van der Waals surface area contributed by atoms with Gasteiger partial charge in [-0.2, -0.15) is 0 Å². The summed E-state index contributed by atoms with van der Waals surface area (Å²) in [7, 11) is 3.08. The molecule has 152 valence electrons. The van der Waals surface area contributed by atoms with Gasteiger partial charge in [-0.05, 0) is 46.1 Å². The summed E-state index contributed by atoms with van der Waals surface area (Å²) in [5.41, 5.74) is -0.741. The molecule has 3 rings (SSSR count). The highest BCUT2D eigenvalue weighted by molar-refractivity contribution is 7.83. The number of rotatable bonds is 5. The molecule has 0 amide bonds. The van der Waals surface area contributed by atoms with Crippen LogP contribution in [0.3, 0.4) is 0 Å². The van der Waals surface area contributed by atoms with E-state index in [4.69, 9.17) is 30.0 Å². The molecule has 0 radical (unpaired) electrons. The van der Waals surface area contributed by atoms with Gasteiger partial charge in [-0.1, -0.05) is 0 Å². The summed E-state index contributed by atoms with van der Waals surface area (Å²) < 4.78 is 37.8. The van der Waals surface area contributed by atoms with Crippen LogP contribution in [0.5, 0.6) is 0 Å². The van der Waals surface area contributed by atoms with E-state index in [-0.39, 0.29) is 6.61 Å². The van der Waals surface area contributed by atoms with E-state index in [1.165, 1.54) is 29.5 Å². The molecule has 1 unspecified atom stereocenters. The monoisotopic (exact) mass is 423 g/mol. The zero-order chi connectivity index (χ0) is 20.1. The van der Waals surface area contributed by atoms with E-state index in [2.05, 4.69) is 4.98 Å². The highest BCUT2D eigenvalue weighted by Crippen LogP contribution is 2.55. The van der Waals surface area contributed by atoms with Gasteiger partial charge in [0.05, 0.1) is 6.61 Å². The predicted molar refractivity (Wildman–Crippen MR) is 96.9 cm³/mol. The Kier molecular flexibility index (Phi) is 5.46. The highest BCUT2D eigenvalue weighted by atomic mass is 35.7. The molecular formula is C15H23ClN3O7P. The van der Waals surface area contributed by atoms with Crippen molar-refractivity contribution in [1.29, 1.82) is 0 Å². The lowest BCUT2D eigenvalue weighted by molar-refractivity contribution is -0.199. The summed E-state index contributed by atoms with van der Waals surface area (Å²) in [5, 5.41) is 0. The maximum Gasteiger partial charge on any atom is 0.362 e. The van der Waals surface area contributed by atoms with E-state index in [9.17, 15) is 14.2 Å². The van der Waals surface area contributed by atoms with Crippen LogP contribution in [-0.4, -0.2) is 59.0 Å². The molecule has 2 aliphatic rings. The first-order chi connectivity index (χ1) is 12.4. The van der Waals surface area contributed by atoms with Gasteiger partial charge in [-0.25, -0.2) is 9.46 Å². The average molecular weight is 424 g/mol. The SMILES string of the molecule is Cc1cn([C@@H]2O[C@H](COP(=O)(Cl)N(C)C)[C@H]3OC(C)(C)O[C@H]32)c(=O)[nH]c1=O. The fourth-order valence-electron chi connectivity index (χ4n) is 3.07. The fourth-order valence-corrected chi connectivity index (χ4v) is 3.80. The number of nitrogens with zero attached hydrogens (tertiary/aromatic N) is 2. The number of ether oxygens (including phenoxy) is 3. The minimum Gasteiger partial charge on any atom is -0.346 e. The Hall–Kier alpha value is -1.00. The first-order valence-corrected chi connectivity index (χ1v) is 10.8. The van der Waals surface area contributed by atoms with Crippen LogP contribution in [0.25, 0.3) is 0 Å². The third-order valence-corrected chi connectivity index (χ3v) is 7.04. The quantitative estimate of drug-likeness (QED) is 0.703. The van der Waals surface area contributed by atoms with Crippen molar-refractivity contribution in [3.05, 3.63) is 32.6 Å². The Bertz CT molecular complexity index is 883. The largest absolute Gasteiger partial charge is 0.362 e. The summed E-state index contributed by atoms with van der Waals surface area (Å²) in [5.74, 6) is -0.900. The number of aromatic amines is 1. The summed E-state index contributed by atoms with van der Waals surface area (Å²) in [6, 6.07) is 0. The molecule has 5 atom stereocenters. The predicted octanol–water partition coefficient (Wildman–Crippen LogP) is 1.19. The lowest BCUT2D eigenvalue weighted by Crippen LogP contribution is -2.38. The minimum atomic E-state index is -3.49. The number of hydrogen-bond donors (Lipinski definition) is 1. The van der Waals surface area contributed by atoms with Crippen molar-refractivity contribution in [2.45, 2.75) is 51.1 Å². The fraction of sp³-hybridized carbons (Fsp3) is 0.733. The second kappa shape index (κ2) is 7.11. The molecule has 1 aromatic heterocycles. The van der Waals surface area contributed by atoms with Gasteiger partial charge in [-0.3, -0.25) is 18.9 Å². The molecule has 27 heavy (non-hydrogen) atoms. The first-order valence-electron chi connectivity index (χ1n) is 8.36. The standard InChI is InChI=1S/C15H23ClN3O7P/c1-8-6-19(14(21)17-12(8)20)13-11-10(25-15(2,3)26-11)9(24-13)7-23-27(16,22)18(4)5/h6,9-11,13H,7H2,1-5H3,(H,17,20,21)/t9-,10-,11-,13-,27?/m1/s1. The molecule has 0 spiro atoms. The van der Waals surface area contributed by atoms with E-state index in [1.54, 1.807) is 20.8 Å². The number of aromatic nitrogens is 2. The van der Waals surface area contributed by atoms with Crippen molar-refractivity contribution in [1.82, 2.24) is 14.2 Å². The number of H-pyrrole nitrogens is 1. The molecule has 10 nitrogen and oxygen atoms in total. The van der Waals surface area contributed by atoms with Gasteiger partial charge in [0, 0.05) is 11.8 Å². The normalized spacial score (nSPS) is 31.8. The van der Waals surface area contributed by atoms with Crippen molar-refractivity contribution in [3.63, 3.8) is 0 Å². The van der Waals surface area contributed by atoms with Crippen LogP contribution in [0.1, 0.15) is 25.6 Å². The van der Waals surface area contributed by atoms with Gasteiger partial charge in [-0.15, -0.1) is 0 Å². The van der Waals surface area contributed by atoms with Crippen molar-refractivity contribution < 1.29 is 23.3 Å². The van der Waals surface area contributed by atoms with Crippen molar-refractivity contribution in [3.8, 4) is 0 Å². The van der Waals surface area contributed by atoms with E-state index < -0.39 is 48.4 Å². The Morgan fingerprint density at radius 3 is 2.59 bits per heavy atom. The topological polar surface area (TPSA) is 112 Å². The third-order valence-electron chi connectivity index (χ3n) is 4.42. The Morgan fingerprint density at radius 2 is 1.96 bits per heavy atom. The molecule has 3 heterocycles. The second-order valence-electron chi connectivity index (χ2n) is 7.20. The smallest absolute Gasteiger partial charge is 0.346 e. The van der Waals surface area contributed by atoms with E-state index in [0.29, 0.717) is 5.56 Å². The van der Waals surface area contributed by atoms with Crippen molar-refractivity contribution in [2.75, 3.05) is 20.7 Å². The molecule has 0 saturated carbocycles. The summed E-state index contributed by atoms with van der Waals surface area (Å²) in [6.07, 6.45) is -1.29. The van der Waals surface area contributed by atoms with Crippen LogP contribution in [0.4, 0.5) is 0 Å². The average Bonchev–Trinajstić information content (AvgIpc) is 3.02. The Balaban J connectivity index is 1.89. The van der Waals surface area contributed by atoms with Gasteiger partial charge in [0.2, 0.25) is 0 Å². The van der Waals surface area contributed by atoms with Crippen molar-refractivity contribution >= 4 is 18.1 Å². The van der Waals surface area contributed by atoms with Crippen LogP contribution < -0.4 is 11.2 Å². The van der Waals surface area contributed by atoms with Gasteiger partial charge < -0.3 is 18.7 Å². The number of hydrogen-bond acceptors (Lipinski definition) is 7. The van der Waals surface area contributed by atoms with Crippen molar-refractivity contribution in [2.24, 2.45) is 0 Å². The first kappa shape index (κ1) is 20.7. The molecule has 2 fully saturated rings. The number of halogens is 1.